The standard InChI is InChI=1S/C18H28N2O4/c1-13-7-9-20(10-8-13)12-16(21)19-11-14-5-6-15(22-2)18(24-4)17(14)23-3/h5-6,13H,7-12H2,1-4H3,(H,19,21). The summed E-state index contributed by atoms with van der Waals surface area (Å²) >= 11 is 0. The molecule has 6 nitrogen and oxygen atoms in total. The highest BCUT2D eigenvalue weighted by Gasteiger charge is 2.19. The number of nitrogens with one attached hydrogen (secondary N) is 1. The summed E-state index contributed by atoms with van der Waals surface area (Å²) < 4.78 is 16.1. The summed E-state index contributed by atoms with van der Waals surface area (Å²) in [5, 5.41) is 2.96. The van der Waals surface area contributed by atoms with Gasteiger partial charge >= 0.3 is 0 Å². The van der Waals surface area contributed by atoms with Gasteiger partial charge in [0.25, 0.3) is 0 Å². The first-order valence-electron chi connectivity index (χ1n) is 8.36. The Balaban J connectivity index is 1.94. The van der Waals surface area contributed by atoms with Crippen molar-refractivity contribution in [1.29, 1.82) is 0 Å². The number of likely N-dealkylation sites (tertiary alicyclic amines) is 1. The van der Waals surface area contributed by atoms with Gasteiger partial charge < -0.3 is 19.5 Å². The normalized spacial score (nSPS) is 15.8. The lowest BCUT2D eigenvalue weighted by atomic mass is 9.99. The Morgan fingerprint density at radius 1 is 1.12 bits per heavy atom. The van der Waals surface area contributed by atoms with E-state index in [4.69, 9.17) is 14.2 Å². The molecule has 0 aliphatic carbocycles. The lowest BCUT2D eigenvalue weighted by molar-refractivity contribution is -0.122. The molecule has 0 radical (unpaired) electrons. The van der Waals surface area contributed by atoms with Gasteiger partial charge in [-0.1, -0.05) is 6.92 Å². The molecule has 1 aliphatic heterocycles. The highest BCUT2D eigenvalue weighted by Crippen LogP contribution is 2.39. The molecule has 1 amide bonds. The molecule has 0 unspecified atom stereocenters. The number of rotatable bonds is 7. The van der Waals surface area contributed by atoms with Crippen LogP contribution in [-0.4, -0.2) is 51.8 Å². The van der Waals surface area contributed by atoms with Crippen molar-refractivity contribution in [3.05, 3.63) is 17.7 Å². The van der Waals surface area contributed by atoms with E-state index in [1.54, 1.807) is 21.3 Å². The van der Waals surface area contributed by atoms with Gasteiger partial charge in [0.15, 0.2) is 11.5 Å². The number of nitrogens with zero attached hydrogens (tertiary/aromatic N) is 1. The van der Waals surface area contributed by atoms with Crippen LogP contribution in [0.2, 0.25) is 0 Å². The van der Waals surface area contributed by atoms with Crippen LogP contribution in [0.5, 0.6) is 17.2 Å². The Hall–Kier alpha value is -1.95. The molecular formula is C18H28N2O4. The van der Waals surface area contributed by atoms with Gasteiger partial charge in [-0.3, -0.25) is 9.69 Å². The van der Waals surface area contributed by atoms with Crippen LogP contribution in [0.1, 0.15) is 25.3 Å². The minimum Gasteiger partial charge on any atom is -0.493 e. The number of piperidine rings is 1. The zero-order chi connectivity index (χ0) is 17.5. The van der Waals surface area contributed by atoms with Crippen molar-refractivity contribution in [3.63, 3.8) is 0 Å². The second-order valence-corrected chi connectivity index (χ2v) is 6.23. The minimum absolute atomic E-state index is 0.0291. The highest BCUT2D eigenvalue weighted by molar-refractivity contribution is 5.78. The number of hydrogen-bond acceptors (Lipinski definition) is 5. The van der Waals surface area contributed by atoms with Crippen LogP contribution in [0.3, 0.4) is 0 Å². The summed E-state index contributed by atoms with van der Waals surface area (Å²) in [6.45, 7) is 5.10. The molecule has 1 saturated heterocycles. The maximum Gasteiger partial charge on any atom is 0.234 e. The molecule has 0 aromatic heterocycles. The van der Waals surface area contributed by atoms with Crippen molar-refractivity contribution in [3.8, 4) is 17.2 Å². The van der Waals surface area contributed by atoms with Gasteiger partial charge in [-0.05, 0) is 44.0 Å². The molecular weight excluding hydrogens is 308 g/mol. The largest absolute Gasteiger partial charge is 0.493 e. The smallest absolute Gasteiger partial charge is 0.234 e. The van der Waals surface area contributed by atoms with E-state index in [0.29, 0.717) is 30.3 Å². The molecule has 1 aromatic carbocycles. The Bertz CT molecular complexity index is 554. The van der Waals surface area contributed by atoms with E-state index in [-0.39, 0.29) is 5.91 Å². The first-order chi connectivity index (χ1) is 11.6. The van der Waals surface area contributed by atoms with Gasteiger partial charge in [-0.15, -0.1) is 0 Å². The maximum atomic E-state index is 12.2. The van der Waals surface area contributed by atoms with E-state index in [1.807, 2.05) is 12.1 Å². The molecule has 1 fully saturated rings. The molecule has 1 N–H and O–H groups in total. The second kappa shape index (κ2) is 8.78. The van der Waals surface area contributed by atoms with Gasteiger partial charge in [0.05, 0.1) is 27.9 Å². The summed E-state index contributed by atoms with van der Waals surface area (Å²) in [6, 6.07) is 3.69. The zero-order valence-corrected chi connectivity index (χ0v) is 15.1. The third-order valence-electron chi connectivity index (χ3n) is 4.51. The third kappa shape index (κ3) is 4.54. The molecule has 2 rings (SSSR count). The van der Waals surface area contributed by atoms with Crippen molar-refractivity contribution in [2.24, 2.45) is 5.92 Å². The average molecular weight is 336 g/mol. The van der Waals surface area contributed by atoms with Crippen LogP contribution in [0.15, 0.2) is 12.1 Å². The van der Waals surface area contributed by atoms with Crippen molar-refractivity contribution < 1.29 is 19.0 Å². The summed E-state index contributed by atoms with van der Waals surface area (Å²) in [4.78, 5) is 14.4. The van der Waals surface area contributed by atoms with E-state index in [2.05, 4.69) is 17.1 Å². The molecule has 1 aromatic rings. The zero-order valence-electron chi connectivity index (χ0n) is 15.1. The number of hydrogen-bond donors (Lipinski definition) is 1. The average Bonchev–Trinajstić information content (AvgIpc) is 2.60. The summed E-state index contributed by atoms with van der Waals surface area (Å²) in [6.07, 6.45) is 2.33. The fraction of sp³-hybridized carbons (Fsp3) is 0.611. The van der Waals surface area contributed by atoms with E-state index < -0.39 is 0 Å². The highest BCUT2D eigenvalue weighted by atomic mass is 16.5. The van der Waals surface area contributed by atoms with Crippen molar-refractivity contribution in [1.82, 2.24) is 10.2 Å². The molecule has 0 atom stereocenters. The van der Waals surface area contributed by atoms with Crippen LogP contribution < -0.4 is 19.5 Å². The molecule has 0 bridgehead atoms. The molecule has 0 spiro atoms. The monoisotopic (exact) mass is 336 g/mol. The van der Waals surface area contributed by atoms with Crippen molar-refractivity contribution in [2.75, 3.05) is 41.0 Å². The van der Waals surface area contributed by atoms with Gasteiger partial charge in [0.1, 0.15) is 0 Å². The molecule has 24 heavy (non-hydrogen) atoms. The molecule has 1 aliphatic rings. The predicted octanol–water partition coefficient (Wildman–Crippen LogP) is 2.06. The van der Waals surface area contributed by atoms with Crippen molar-refractivity contribution in [2.45, 2.75) is 26.3 Å². The van der Waals surface area contributed by atoms with E-state index in [0.717, 1.165) is 37.4 Å². The Labute approximate surface area is 144 Å². The fourth-order valence-electron chi connectivity index (χ4n) is 2.98. The summed E-state index contributed by atoms with van der Waals surface area (Å²) in [5.41, 5.74) is 0.857. The minimum atomic E-state index is 0.0291. The topological polar surface area (TPSA) is 60.0 Å². The fourth-order valence-corrected chi connectivity index (χ4v) is 2.98. The molecule has 0 saturated carbocycles. The maximum absolute atomic E-state index is 12.2. The van der Waals surface area contributed by atoms with Gasteiger partial charge in [0, 0.05) is 12.1 Å². The number of carbonyl (C=O) groups is 1. The Morgan fingerprint density at radius 2 is 1.79 bits per heavy atom. The lowest BCUT2D eigenvalue weighted by Gasteiger charge is -2.29. The Morgan fingerprint density at radius 3 is 2.38 bits per heavy atom. The lowest BCUT2D eigenvalue weighted by Crippen LogP contribution is -2.41. The van der Waals surface area contributed by atoms with Gasteiger partial charge in [-0.25, -0.2) is 0 Å². The van der Waals surface area contributed by atoms with Crippen LogP contribution >= 0.6 is 0 Å². The second-order valence-electron chi connectivity index (χ2n) is 6.23. The van der Waals surface area contributed by atoms with Crippen LogP contribution in [0.4, 0.5) is 0 Å². The SMILES string of the molecule is COc1ccc(CNC(=O)CN2CCC(C)CC2)c(OC)c1OC. The third-order valence-corrected chi connectivity index (χ3v) is 4.51. The van der Waals surface area contributed by atoms with Crippen molar-refractivity contribution >= 4 is 5.91 Å². The molecule has 6 heteroatoms. The number of methoxy groups -OCH3 is 3. The van der Waals surface area contributed by atoms with Gasteiger partial charge in [0.2, 0.25) is 11.7 Å². The van der Waals surface area contributed by atoms with E-state index in [9.17, 15) is 4.79 Å². The van der Waals surface area contributed by atoms with Crippen LogP contribution in [0, 0.1) is 5.92 Å². The van der Waals surface area contributed by atoms with Crippen LogP contribution in [0.25, 0.3) is 0 Å². The quantitative estimate of drug-likeness (QED) is 0.826. The van der Waals surface area contributed by atoms with E-state index >= 15 is 0 Å². The molecule has 134 valence electrons. The van der Waals surface area contributed by atoms with Gasteiger partial charge in [-0.2, -0.15) is 0 Å². The predicted molar refractivity (Wildman–Crippen MR) is 92.8 cm³/mol. The Kier molecular flexibility index (Phi) is 6.73. The van der Waals surface area contributed by atoms with Crippen LogP contribution in [-0.2, 0) is 11.3 Å². The van der Waals surface area contributed by atoms with E-state index in [1.165, 1.54) is 0 Å². The first kappa shape index (κ1) is 18.4. The number of ether oxygens (including phenoxy) is 3. The number of carbonyl (C=O) groups excluding carboxylic acids is 1. The summed E-state index contributed by atoms with van der Waals surface area (Å²) in [5.74, 6) is 2.52. The number of amides is 1. The summed E-state index contributed by atoms with van der Waals surface area (Å²) in [7, 11) is 4.73. The number of benzene rings is 1. The molecule has 1 heterocycles. The first-order valence-corrected chi connectivity index (χ1v) is 8.36.